The molecule has 0 saturated heterocycles. The Kier molecular flexibility index (Phi) is 10.0. The van der Waals surface area contributed by atoms with Crippen molar-refractivity contribution in [3.05, 3.63) is 68.7 Å². The first-order chi connectivity index (χ1) is 17.5. The first-order valence-electron chi connectivity index (χ1n) is 12.1. The summed E-state index contributed by atoms with van der Waals surface area (Å²) in [5.41, 5.74) is 1.86. The van der Waals surface area contributed by atoms with Crippen LogP contribution in [-0.2, 0) is 10.2 Å². The fraction of sp³-hybridized carbons (Fsp3) is 0.370. The van der Waals surface area contributed by atoms with E-state index in [2.05, 4.69) is 33.5 Å². The minimum Gasteiger partial charge on any atom is -0.315 e. The van der Waals surface area contributed by atoms with Crippen molar-refractivity contribution >= 4 is 62.6 Å². The maximum absolute atomic E-state index is 13.2. The third-order valence-corrected chi connectivity index (χ3v) is 6.91. The summed E-state index contributed by atoms with van der Waals surface area (Å²) in [4.78, 5) is 27.8. The zero-order valence-electron chi connectivity index (χ0n) is 21.4. The predicted molar refractivity (Wildman–Crippen MR) is 155 cm³/mol. The van der Waals surface area contributed by atoms with Crippen molar-refractivity contribution in [3.63, 3.8) is 0 Å². The Labute approximate surface area is 236 Å². The van der Waals surface area contributed by atoms with Crippen molar-refractivity contribution in [1.29, 1.82) is 0 Å². The summed E-state index contributed by atoms with van der Waals surface area (Å²) < 4.78 is 2.54. The molecule has 3 amide bonds. The van der Waals surface area contributed by atoms with Gasteiger partial charge in [-0.05, 0) is 48.9 Å². The second-order valence-electron chi connectivity index (χ2n) is 9.79. The minimum absolute atomic E-state index is 0.108. The Morgan fingerprint density at radius 1 is 1.00 bits per heavy atom. The molecule has 1 aromatic heterocycles. The number of benzene rings is 2. The average Bonchev–Trinajstić information content (AvgIpc) is 3.26. The van der Waals surface area contributed by atoms with E-state index in [4.69, 9.17) is 28.3 Å². The van der Waals surface area contributed by atoms with Gasteiger partial charge in [0.05, 0.1) is 21.4 Å². The molecule has 198 valence electrons. The minimum atomic E-state index is -0.332. The van der Waals surface area contributed by atoms with E-state index in [0.717, 1.165) is 29.4 Å². The summed E-state index contributed by atoms with van der Waals surface area (Å²) in [6, 6.07) is 14.0. The van der Waals surface area contributed by atoms with Gasteiger partial charge in [-0.1, -0.05) is 79.7 Å². The fourth-order valence-corrected chi connectivity index (χ4v) is 4.10. The molecule has 0 aliphatic carbocycles. The van der Waals surface area contributed by atoms with E-state index in [1.54, 1.807) is 35.0 Å². The molecule has 37 heavy (non-hydrogen) atoms. The van der Waals surface area contributed by atoms with Gasteiger partial charge >= 0.3 is 6.03 Å². The number of unbranched alkanes of at least 4 members (excludes halogenated alkanes) is 2. The maximum atomic E-state index is 13.2. The van der Waals surface area contributed by atoms with Crippen molar-refractivity contribution in [2.24, 2.45) is 0 Å². The molecule has 10 heteroatoms. The molecule has 0 bridgehead atoms. The van der Waals surface area contributed by atoms with Gasteiger partial charge in [0.25, 0.3) is 0 Å². The molecule has 3 aromatic rings. The summed E-state index contributed by atoms with van der Waals surface area (Å²) in [6.45, 7) is 8.58. The standard InChI is InChI=1S/C27H32BrCl2N5O2/c1-5-6-7-14-34(26(37)31-19-10-8-18(28)9-11-19)17-25(36)32-24-16-23(27(2,3)4)33-35(24)20-12-13-21(29)22(30)15-20/h8-13,15-16H,5-7,14,17H2,1-4H3,(H,31,37)(H,32,36). The molecule has 0 saturated carbocycles. The quantitative estimate of drug-likeness (QED) is 0.242. The monoisotopic (exact) mass is 607 g/mol. The van der Waals surface area contributed by atoms with E-state index >= 15 is 0 Å². The number of carbonyl (C=O) groups is 2. The van der Waals surface area contributed by atoms with Crippen LogP contribution in [0.5, 0.6) is 0 Å². The Morgan fingerprint density at radius 2 is 1.70 bits per heavy atom. The number of amides is 3. The number of anilines is 2. The molecular weight excluding hydrogens is 577 g/mol. The van der Waals surface area contributed by atoms with Gasteiger partial charge in [0.1, 0.15) is 12.4 Å². The van der Waals surface area contributed by atoms with Crippen LogP contribution < -0.4 is 10.6 Å². The van der Waals surface area contributed by atoms with E-state index in [1.165, 1.54) is 4.90 Å². The topological polar surface area (TPSA) is 79.3 Å². The molecule has 0 radical (unpaired) electrons. The maximum Gasteiger partial charge on any atom is 0.322 e. The second-order valence-corrected chi connectivity index (χ2v) is 11.5. The average molecular weight is 609 g/mol. The van der Waals surface area contributed by atoms with E-state index in [-0.39, 0.29) is 23.9 Å². The first-order valence-corrected chi connectivity index (χ1v) is 13.7. The molecule has 0 atom stereocenters. The number of aromatic nitrogens is 2. The van der Waals surface area contributed by atoms with Crippen molar-refractivity contribution in [2.75, 3.05) is 23.7 Å². The van der Waals surface area contributed by atoms with Crippen LogP contribution in [0.25, 0.3) is 5.69 Å². The molecule has 2 aromatic carbocycles. The van der Waals surface area contributed by atoms with Gasteiger partial charge in [0.15, 0.2) is 0 Å². The summed E-state index contributed by atoms with van der Waals surface area (Å²) in [7, 11) is 0. The first kappa shape index (κ1) is 29.0. The Morgan fingerprint density at radius 3 is 2.32 bits per heavy atom. The number of rotatable bonds is 9. The highest BCUT2D eigenvalue weighted by Gasteiger charge is 2.23. The van der Waals surface area contributed by atoms with Gasteiger partial charge in [-0.2, -0.15) is 5.10 Å². The number of hydrogen-bond donors (Lipinski definition) is 2. The largest absolute Gasteiger partial charge is 0.322 e. The predicted octanol–water partition coefficient (Wildman–Crippen LogP) is 7.90. The molecule has 0 spiro atoms. The van der Waals surface area contributed by atoms with E-state index < -0.39 is 0 Å². The highest BCUT2D eigenvalue weighted by Crippen LogP contribution is 2.29. The van der Waals surface area contributed by atoms with E-state index in [0.29, 0.717) is 33.8 Å². The Hall–Kier alpha value is -2.55. The van der Waals surface area contributed by atoms with Gasteiger partial charge in [-0.15, -0.1) is 0 Å². The third kappa shape index (κ3) is 8.22. The molecular formula is C27H32BrCl2N5O2. The van der Waals surface area contributed by atoms with Gasteiger partial charge in [0.2, 0.25) is 5.91 Å². The number of urea groups is 1. The van der Waals surface area contributed by atoms with Crippen LogP contribution in [0.15, 0.2) is 53.0 Å². The lowest BCUT2D eigenvalue weighted by Crippen LogP contribution is -2.41. The summed E-state index contributed by atoms with van der Waals surface area (Å²) in [5.74, 6) is 0.152. The van der Waals surface area contributed by atoms with Crippen LogP contribution >= 0.6 is 39.1 Å². The lowest BCUT2D eigenvalue weighted by molar-refractivity contribution is -0.116. The Bertz CT molecular complexity index is 1240. The van der Waals surface area contributed by atoms with Crippen molar-refractivity contribution in [1.82, 2.24) is 14.7 Å². The molecule has 0 aliphatic heterocycles. The smallest absolute Gasteiger partial charge is 0.315 e. The highest BCUT2D eigenvalue weighted by molar-refractivity contribution is 9.10. The van der Waals surface area contributed by atoms with Crippen LogP contribution in [0, 0.1) is 0 Å². The van der Waals surface area contributed by atoms with Crippen molar-refractivity contribution in [2.45, 2.75) is 52.4 Å². The molecule has 0 unspecified atom stereocenters. The number of carbonyl (C=O) groups excluding carboxylic acids is 2. The summed E-state index contributed by atoms with van der Waals surface area (Å²) >= 11 is 15.7. The van der Waals surface area contributed by atoms with Crippen LogP contribution in [0.2, 0.25) is 10.0 Å². The van der Waals surface area contributed by atoms with Crippen LogP contribution in [0.4, 0.5) is 16.3 Å². The van der Waals surface area contributed by atoms with Crippen LogP contribution in [0.1, 0.15) is 52.7 Å². The molecule has 1 heterocycles. The van der Waals surface area contributed by atoms with E-state index in [1.807, 2.05) is 39.0 Å². The van der Waals surface area contributed by atoms with Crippen molar-refractivity contribution < 1.29 is 9.59 Å². The van der Waals surface area contributed by atoms with Gasteiger partial charge in [-0.25, -0.2) is 9.48 Å². The lowest BCUT2D eigenvalue weighted by Gasteiger charge is -2.23. The molecule has 3 rings (SSSR count). The normalized spacial score (nSPS) is 11.3. The van der Waals surface area contributed by atoms with Gasteiger partial charge < -0.3 is 15.5 Å². The van der Waals surface area contributed by atoms with E-state index in [9.17, 15) is 9.59 Å². The van der Waals surface area contributed by atoms with Gasteiger partial charge in [-0.3, -0.25) is 4.79 Å². The summed E-state index contributed by atoms with van der Waals surface area (Å²) in [6.07, 6.45) is 2.77. The number of hydrogen-bond acceptors (Lipinski definition) is 3. The molecule has 2 N–H and O–H groups in total. The van der Waals surface area contributed by atoms with Crippen molar-refractivity contribution in [3.8, 4) is 5.69 Å². The molecule has 7 nitrogen and oxygen atoms in total. The molecule has 0 fully saturated rings. The lowest BCUT2D eigenvalue weighted by atomic mass is 9.92. The highest BCUT2D eigenvalue weighted by atomic mass is 79.9. The van der Waals surface area contributed by atoms with Crippen LogP contribution in [-0.4, -0.2) is 39.7 Å². The number of halogens is 3. The number of nitrogens with one attached hydrogen (secondary N) is 2. The SMILES string of the molecule is CCCCCN(CC(=O)Nc1cc(C(C)(C)C)nn1-c1ccc(Cl)c(Cl)c1)C(=O)Nc1ccc(Br)cc1. The summed E-state index contributed by atoms with van der Waals surface area (Å²) in [5, 5.41) is 11.4. The third-order valence-electron chi connectivity index (χ3n) is 5.64. The Balaban J connectivity index is 1.82. The van der Waals surface area contributed by atoms with Crippen LogP contribution in [0.3, 0.4) is 0 Å². The molecule has 0 aliphatic rings. The zero-order chi connectivity index (χ0) is 27.2. The second kappa shape index (κ2) is 12.8. The fourth-order valence-electron chi connectivity index (χ4n) is 3.55. The van der Waals surface area contributed by atoms with Gasteiger partial charge in [0, 0.05) is 28.2 Å². The number of nitrogens with zero attached hydrogens (tertiary/aromatic N) is 3. The zero-order valence-corrected chi connectivity index (χ0v) is 24.5.